The van der Waals surface area contributed by atoms with Gasteiger partial charge < -0.3 is 4.74 Å². The van der Waals surface area contributed by atoms with Crippen molar-refractivity contribution in [2.75, 3.05) is 6.61 Å². The Hall–Kier alpha value is 0.340. The molecule has 0 aliphatic carbocycles. The number of carbonyl (C=O) groups excluding carboxylic acids is 1. The number of halogens is 3. The van der Waals surface area contributed by atoms with Crippen LogP contribution >= 0.6 is 34.8 Å². The van der Waals surface area contributed by atoms with Crippen molar-refractivity contribution in [1.82, 2.24) is 0 Å². The van der Waals surface area contributed by atoms with Crippen LogP contribution in [0.1, 0.15) is 26.7 Å². The summed E-state index contributed by atoms with van der Waals surface area (Å²) < 4.78 is 2.78. The fourth-order valence-corrected chi connectivity index (χ4v) is 0.902. The molecule has 0 aromatic carbocycles. The fourth-order valence-electron chi connectivity index (χ4n) is 0.738. The molecule has 0 atom stereocenters. The molecule has 5 heteroatoms. The minimum atomic E-state index is -1.95. The van der Waals surface area contributed by atoms with Crippen LogP contribution in [-0.2, 0) is 9.53 Å². The zero-order valence-corrected chi connectivity index (χ0v) is 9.92. The summed E-state index contributed by atoms with van der Waals surface area (Å²) in [6.45, 7) is 4.50. The highest BCUT2D eigenvalue weighted by atomic mass is 35.6. The molecule has 0 amide bonds. The molecule has 0 aliphatic heterocycles. The lowest BCUT2D eigenvalue weighted by atomic mass is 10.1. The van der Waals surface area contributed by atoms with Crippen LogP contribution in [0.4, 0.5) is 0 Å². The first-order valence-corrected chi connectivity index (χ1v) is 5.21. The summed E-state index contributed by atoms with van der Waals surface area (Å²) in [5, 5.41) is 0. The van der Waals surface area contributed by atoms with Crippen molar-refractivity contribution in [3.63, 3.8) is 0 Å². The lowest BCUT2D eigenvalue weighted by molar-refractivity contribution is -0.142. The summed E-state index contributed by atoms with van der Waals surface area (Å²) in [6, 6.07) is 0. The first-order chi connectivity index (χ1) is 5.84. The van der Waals surface area contributed by atoms with Gasteiger partial charge in [-0.05, 0) is 18.8 Å². The van der Waals surface area contributed by atoms with Gasteiger partial charge in [-0.15, -0.1) is 0 Å². The van der Waals surface area contributed by atoms with E-state index in [4.69, 9.17) is 39.5 Å². The highest BCUT2D eigenvalue weighted by Crippen LogP contribution is 2.27. The summed E-state index contributed by atoms with van der Waals surface area (Å²) in [5.41, 5.74) is 0. The van der Waals surface area contributed by atoms with E-state index in [2.05, 4.69) is 13.8 Å². The van der Waals surface area contributed by atoms with Crippen molar-refractivity contribution < 1.29 is 9.53 Å². The molecule has 0 radical (unpaired) electrons. The maximum absolute atomic E-state index is 10.9. The molecule has 0 unspecified atom stereocenters. The van der Waals surface area contributed by atoms with Crippen LogP contribution in [0.15, 0.2) is 0 Å². The Morgan fingerprint density at radius 2 is 1.92 bits per heavy atom. The lowest BCUT2D eigenvalue weighted by Crippen LogP contribution is -2.22. The Morgan fingerprint density at radius 1 is 1.38 bits per heavy atom. The molecule has 0 bridgehead atoms. The molecule has 0 aromatic heterocycles. The molecule has 0 rings (SSSR count). The molecule has 13 heavy (non-hydrogen) atoms. The number of ether oxygens (including phenoxy) is 1. The summed E-state index contributed by atoms with van der Waals surface area (Å²) in [5.74, 6) is -0.215. The zero-order chi connectivity index (χ0) is 10.5. The molecular formula is C8H13Cl3O2. The second-order valence-corrected chi connectivity index (χ2v) is 5.45. The van der Waals surface area contributed by atoms with Gasteiger partial charge in [-0.2, -0.15) is 0 Å². The van der Waals surface area contributed by atoms with Crippen LogP contribution in [0.2, 0.25) is 0 Å². The largest absolute Gasteiger partial charge is 0.463 e. The summed E-state index contributed by atoms with van der Waals surface area (Å²) >= 11 is 15.8. The van der Waals surface area contributed by atoms with Crippen molar-refractivity contribution >= 4 is 40.8 Å². The maximum atomic E-state index is 10.9. The lowest BCUT2D eigenvalue weighted by Gasteiger charge is -2.10. The summed E-state index contributed by atoms with van der Waals surface area (Å²) in [4.78, 5) is 10.9. The minimum absolute atomic E-state index is 0.310. The van der Waals surface area contributed by atoms with E-state index in [1.54, 1.807) is 0 Å². The molecule has 78 valence electrons. The van der Waals surface area contributed by atoms with Gasteiger partial charge >= 0.3 is 5.97 Å². The SMILES string of the molecule is CC(C)CCCOC(=O)C(Cl)(Cl)Cl. The highest BCUT2D eigenvalue weighted by Gasteiger charge is 2.32. The number of alkyl halides is 3. The molecule has 0 aliphatic rings. The Kier molecular flexibility index (Phi) is 6.10. The number of esters is 1. The second-order valence-electron chi connectivity index (χ2n) is 3.17. The summed E-state index contributed by atoms with van der Waals surface area (Å²) in [6.07, 6.45) is 1.79. The van der Waals surface area contributed by atoms with Gasteiger partial charge in [0, 0.05) is 0 Å². The van der Waals surface area contributed by atoms with Crippen LogP contribution in [0.5, 0.6) is 0 Å². The first kappa shape index (κ1) is 13.3. The third-order valence-corrected chi connectivity index (χ3v) is 1.85. The quantitative estimate of drug-likeness (QED) is 0.433. The van der Waals surface area contributed by atoms with E-state index in [0.29, 0.717) is 12.5 Å². The van der Waals surface area contributed by atoms with E-state index in [9.17, 15) is 4.79 Å². The number of hydrogen-bond donors (Lipinski definition) is 0. The number of rotatable bonds is 4. The first-order valence-electron chi connectivity index (χ1n) is 4.08. The molecule has 0 heterocycles. The van der Waals surface area contributed by atoms with E-state index < -0.39 is 9.76 Å². The van der Waals surface area contributed by atoms with E-state index in [1.165, 1.54) is 0 Å². The van der Waals surface area contributed by atoms with Crippen LogP contribution in [0.3, 0.4) is 0 Å². The molecule has 0 N–H and O–H groups in total. The number of carbonyl (C=O) groups is 1. The van der Waals surface area contributed by atoms with Crippen molar-refractivity contribution in [3.8, 4) is 0 Å². The Labute approximate surface area is 93.5 Å². The van der Waals surface area contributed by atoms with E-state index in [-0.39, 0.29) is 0 Å². The van der Waals surface area contributed by atoms with Gasteiger partial charge in [0.2, 0.25) is 0 Å². The van der Waals surface area contributed by atoms with E-state index in [1.807, 2.05) is 0 Å². The van der Waals surface area contributed by atoms with Crippen LogP contribution < -0.4 is 0 Å². The topological polar surface area (TPSA) is 26.3 Å². The van der Waals surface area contributed by atoms with Crippen LogP contribution in [0, 0.1) is 5.92 Å². The smallest absolute Gasteiger partial charge is 0.358 e. The Balaban J connectivity index is 3.49. The van der Waals surface area contributed by atoms with Crippen LogP contribution in [0.25, 0.3) is 0 Å². The molecule has 2 nitrogen and oxygen atoms in total. The molecule has 0 saturated heterocycles. The third kappa shape index (κ3) is 7.41. The predicted octanol–water partition coefficient (Wildman–Crippen LogP) is 3.34. The normalized spacial score (nSPS) is 11.8. The van der Waals surface area contributed by atoms with Gasteiger partial charge in [-0.3, -0.25) is 0 Å². The standard InChI is InChI=1S/C8H13Cl3O2/c1-6(2)4-3-5-13-7(12)8(9,10)11/h6H,3-5H2,1-2H3. The van der Waals surface area contributed by atoms with E-state index >= 15 is 0 Å². The highest BCUT2D eigenvalue weighted by molar-refractivity contribution is 6.75. The van der Waals surface area contributed by atoms with Crippen molar-refractivity contribution in [3.05, 3.63) is 0 Å². The average Bonchev–Trinajstić information content (AvgIpc) is 1.95. The Bertz CT molecular complexity index is 163. The Morgan fingerprint density at radius 3 is 2.31 bits per heavy atom. The molecule has 0 spiro atoms. The van der Waals surface area contributed by atoms with Gasteiger partial charge in [0.15, 0.2) is 0 Å². The average molecular weight is 248 g/mol. The second kappa shape index (κ2) is 5.94. The van der Waals surface area contributed by atoms with E-state index in [0.717, 1.165) is 12.8 Å². The van der Waals surface area contributed by atoms with Crippen molar-refractivity contribution in [2.24, 2.45) is 5.92 Å². The third-order valence-electron chi connectivity index (χ3n) is 1.39. The molecule has 0 saturated carbocycles. The van der Waals surface area contributed by atoms with Crippen LogP contribution in [-0.4, -0.2) is 16.4 Å². The minimum Gasteiger partial charge on any atom is -0.463 e. The predicted molar refractivity (Wildman–Crippen MR) is 55.3 cm³/mol. The fraction of sp³-hybridized carbons (Fsp3) is 0.875. The molecule has 0 fully saturated rings. The van der Waals surface area contributed by atoms with Gasteiger partial charge in [-0.25, -0.2) is 4.79 Å². The maximum Gasteiger partial charge on any atom is 0.358 e. The molecule has 0 aromatic rings. The number of hydrogen-bond acceptors (Lipinski definition) is 2. The van der Waals surface area contributed by atoms with Crippen molar-refractivity contribution in [2.45, 2.75) is 30.5 Å². The van der Waals surface area contributed by atoms with Crippen molar-refractivity contribution in [1.29, 1.82) is 0 Å². The molecular weight excluding hydrogens is 234 g/mol. The summed E-state index contributed by atoms with van der Waals surface area (Å²) in [7, 11) is 0. The van der Waals surface area contributed by atoms with Gasteiger partial charge in [0.25, 0.3) is 3.79 Å². The van der Waals surface area contributed by atoms with Gasteiger partial charge in [-0.1, -0.05) is 48.7 Å². The monoisotopic (exact) mass is 246 g/mol. The van der Waals surface area contributed by atoms with Gasteiger partial charge in [0.05, 0.1) is 6.61 Å². The van der Waals surface area contributed by atoms with Gasteiger partial charge in [0.1, 0.15) is 0 Å². The zero-order valence-electron chi connectivity index (χ0n) is 7.65.